The highest BCUT2D eigenvalue weighted by atomic mass is 16.5. The Morgan fingerprint density at radius 2 is 1.90 bits per heavy atom. The summed E-state index contributed by atoms with van der Waals surface area (Å²) in [6.07, 6.45) is 4.89. The fourth-order valence-corrected chi connectivity index (χ4v) is 1.64. The number of azide groups is 1. The van der Waals surface area contributed by atoms with Crippen LogP contribution in [0.2, 0.25) is 0 Å². The Morgan fingerprint density at radius 1 is 1.29 bits per heavy atom. The first kappa shape index (κ1) is 16.5. The van der Waals surface area contributed by atoms with Crippen LogP contribution >= 0.6 is 0 Å². The van der Waals surface area contributed by atoms with Gasteiger partial charge in [0.25, 0.3) is 0 Å². The van der Waals surface area contributed by atoms with Crippen molar-refractivity contribution >= 4 is 12.0 Å². The van der Waals surface area contributed by atoms with Gasteiger partial charge in [-0.2, -0.15) is 0 Å². The molecule has 1 aromatic carbocycles. The van der Waals surface area contributed by atoms with Crippen molar-refractivity contribution in [2.24, 2.45) is 5.11 Å². The van der Waals surface area contributed by atoms with Crippen LogP contribution in [0.15, 0.2) is 47.2 Å². The molecule has 0 aliphatic heterocycles. The molecule has 0 radical (unpaired) electrons. The lowest BCUT2D eigenvalue weighted by Crippen LogP contribution is -2.10. The molecule has 21 heavy (non-hydrogen) atoms. The van der Waals surface area contributed by atoms with Crippen molar-refractivity contribution in [2.75, 3.05) is 7.11 Å². The number of esters is 1. The van der Waals surface area contributed by atoms with Crippen LogP contribution in [0.25, 0.3) is 16.5 Å². The van der Waals surface area contributed by atoms with E-state index < -0.39 is 5.97 Å². The molecule has 0 N–H and O–H groups in total. The number of carbonyl (C=O) groups excluding carboxylic acids is 1. The summed E-state index contributed by atoms with van der Waals surface area (Å²) in [4.78, 5) is 13.9. The Balaban J connectivity index is 2.89. The third-order valence-electron chi connectivity index (χ3n) is 2.87. The highest BCUT2D eigenvalue weighted by molar-refractivity contribution is 5.88. The maximum Gasteiger partial charge on any atom is 0.340 e. The zero-order valence-electron chi connectivity index (χ0n) is 12.7. The second-order valence-corrected chi connectivity index (χ2v) is 5.46. The van der Waals surface area contributed by atoms with Gasteiger partial charge in [0.15, 0.2) is 0 Å². The van der Waals surface area contributed by atoms with E-state index in [1.165, 1.54) is 18.7 Å². The molecule has 5 heteroatoms. The maximum atomic E-state index is 11.3. The largest absolute Gasteiger partial charge is 0.466 e. The van der Waals surface area contributed by atoms with Crippen LogP contribution < -0.4 is 0 Å². The van der Waals surface area contributed by atoms with Gasteiger partial charge in [-0.05, 0) is 28.1 Å². The quantitative estimate of drug-likeness (QED) is 0.206. The fraction of sp³-hybridized carbons (Fsp3) is 0.312. The van der Waals surface area contributed by atoms with Gasteiger partial charge in [-0.1, -0.05) is 62.3 Å². The van der Waals surface area contributed by atoms with E-state index in [0.717, 1.165) is 5.56 Å². The minimum atomic E-state index is -0.666. The summed E-state index contributed by atoms with van der Waals surface area (Å²) < 4.78 is 4.51. The van der Waals surface area contributed by atoms with Gasteiger partial charge in [0.05, 0.1) is 7.11 Å². The summed E-state index contributed by atoms with van der Waals surface area (Å²) in [7, 11) is 1.23. The lowest BCUT2D eigenvalue weighted by Gasteiger charge is -2.18. The van der Waals surface area contributed by atoms with Crippen molar-refractivity contribution in [2.45, 2.75) is 26.2 Å². The summed E-state index contributed by atoms with van der Waals surface area (Å²) in [5, 5.41) is 3.29. The highest BCUT2D eigenvalue weighted by Gasteiger charge is 2.12. The van der Waals surface area contributed by atoms with Gasteiger partial charge in [-0.15, -0.1) is 0 Å². The first-order valence-electron chi connectivity index (χ1n) is 6.51. The topological polar surface area (TPSA) is 75.1 Å². The summed E-state index contributed by atoms with van der Waals surface area (Å²) in [5.74, 6) is -0.666. The van der Waals surface area contributed by atoms with Gasteiger partial charge in [0, 0.05) is 4.91 Å². The molecule has 0 amide bonds. The van der Waals surface area contributed by atoms with Crippen LogP contribution in [0.3, 0.4) is 0 Å². The second-order valence-electron chi connectivity index (χ2n) is 5.46. The molecular weight excluding hydrogens is 266 g/mol. The van der Waals surface area contributed by atoms with E-state index in [2.05, 4.69) is 47.7 Å². The minimum absolute atomic E-state index is 0.0810. The van der Waals surface area contributed by atoms with Crippen molar-refractivity contribution in [3.05, 3.63) is 63.7 Å². The first-order valence-corrected chi connectivity index (χ1v) is 6.51. The van der Waals surface area contributed by atoms with Crippen LogP contribution in [-0.4, -0.2) is 13.1 Å². The average molecular weight is 285 g/mol. The van der Waals surface area contributed by atoms with Gasteiger partial charge in [-0.3, -0.25) is 0 Å². The molecule has 0 heterocycles. The number of methoxy groups -OCH3 is 1. The highest BCUT2D eigenvalue weighted by Crippen LogP contribution is 2.22. The number of hydrogen-bond donors (Lipinski definition) is 0. The van der Waals surface area contributed by atoms with E-state index in [4.69, 9.17) is 5.53 Å². The second kappa shape index (κ2) is 7.31. The van der Waals surface area contributed by atoms with E-state index in [9.17, 15) is 4.79 Å². The van der Waals surface area contributed by atoms with Crippen molar-refractivity contribution < 1.29 is 9.53 Å². The Morgan fingerprint density at radius 3 is 2.38 bits per heavy atom. The third-order valence-corrected chi connectivity index (χ3v) is 2.87. The number of nitrogens with zero attached hydrogens (tertiary/aromatic N) is 3. The molecule has 0 fully saturated rings. The Hall–Kier alpha value is -2.52. The normalized spacial score (nSPS) is 12.1. The molecule has 0 bridgehead atoms. The molecule has 0 aliphatic rings. The number of ether oxygens (including phenoxy) is 1. The van der Waals surface area contributed by atoms with Crippen LogP contribution in [-0.2, 0) is 14.9 Å². The molecule has 0 aliphatic carbocycles. The molecule has 1 aromatic rings. The number of rotatable bonds is 4. The van der Waals surface area contributed by atoms with Crippen LogP contribution in [0, 0.1) is 0 Å². The van der Waals surface area contributed by atoms with Gasteiger partial charge in [-0.25, -0.2) is 4.79 Å². The predicted octanol–water partition coefficient (Wildman–Crippen LogP) is 4.36. The van der Waals surface area contributed by atoms with E-state index in [0.29, 0.717) is 0 Å². The van der Waals surface area contributed by atoms with E-state index >= 15 is 0 Å². The molecule has 5 nitrogen and oxygen atoms in total. The van der Waals surface area contributed by atoms with E-state index in [1.54, 1.807) is 6.08 Å². The molecule has 1 rings (SSSR count). The third kappa shape index (κ3) is 5.16. The predicted molar refractivity (Wildman–Crippen MR) is 83.4 cm³/mol. The SMILES string of the molecule is COC(=O)/C(=C/C=C/c1ccc(C(C)(C)C)cc1)N=[N+]=[N-]. The lowest BCUT2D eigenvalue weighted by atomic mass is 9.87. The van der Waals surface area contributed by atoms with Crippen molar-refractivity contribution in [3.63, 3.8) is 0 Å². The monoisotopic (exact) mass is 285 g/mol. The summed E-state index contributed by atoms with van der Waals surface area (Å²) >= 11 is 0. The van der Waals surface area contributed by atoms with Gasteiger partial charge >= 0.3 is 5.97 Å². The number of carbonyl (C=O) groups is 1. The van der Waals surface area contributed by atoms with Crippen LogP contribution in [0.1, 0.15) is 31.9 Å². The number of benzene rings is 1. The van der Waals surface area contributed by atoms with Crippen LogP contribution in [0.4, 0.5) is 0 Å². The summed E-state index contributed by atoms with van der Waals surface area (Å²) in [6.45, 7) is 6.47. The first-order chi connectivity index (χ1) is 9.88. The van der Waals surface area contributed by atoms with Gasteiger partial charge in [0.2, 0.25) is 0 Å². The van der Waals surface area contributed by atoms with E-state index in [-0.39, 0.29) is 11.1 Å². The number of hydrogen-bond acceptors (Lipinski definition) is 3. The Bertz CT molecular complexity index is 601. The molecule has 0 spiro atoms. The average Bonchev–Trinajstić information content (AvgIpc) is 2.45. The molecule has 0 atom stereocenters. The number of allylic oxidation sites excluding steroid dienone is 2. The lowest BCUT2D eigenvalue weighted by molar-refractivity contribution is -0.136. The van der Waals surface area contributed by atoms with Gasteiger partial charge < -0.3 is 4.74 Å². The van der Waals surface area contributed by atoms with Crippen molar-refractivity contribution in [3.8, 4) is 0 Å². The van der Waals surface area contributed by atoms with E-state index in [1.807, 2.05) is 18.2 Å². The van der Waals surface area contributed by atoms with Gasteiger partial charge in [0.1, 0.15) is 5.70 Å². The molecule has 0 aromatic heterocycles. The molecule has 0 unspecified atom stereocenters. The van der Waals surface area contributed by atoms with Crippen LogP contribution in [0.5, 0.6) is 0 Å². The van der Waals surface area contributed by atoms with Crippen molar-refractivity contribution in [1.82, 2.24) is 0 Å². The summed E-state index contributed by atoms with van der Waals surface area (Å²) in [6, 6.07) is 8.13. The molecule has 0 saturated heterocycles. The summed E-state index contributed by atoms with van der Waals surface area (Å²) in [5.41, 5.74) is 10.7. The molecule has 110 valence electrons. The zero-order valence-corrected chi connectivity index (χ0v) is 12.7. The molecule has 0 saturated carbocycles. The Kier molecular flexibility index (Phi) is 5.76. The zero-order chi connectivity index (χ0) is 15.9. The minimum Gasteiger partial charge on any atom is -0.466 e. The standard InChI is InChI=1S/C16H19N3O2/c1-16(2,3)13-10-8-12(9-11-13)6-5-7-14(18-19-17)15(20)21-4/h5-11H,1-4H3/b6-5+,14-7-. The fourth-order valence-electron chi connectivity index (χ4n) is 1.64. The smallest absolute Gasteiger partial charge is 0.340 e. The van der Waals surface area contributed by atoms with Crippen molar-refractivity contribution in [1.29, 1.82) is 0 Å². The molecular formula is C16H19N3O2. The maximum absolute atomic E-state index is 11.3. The Labute approximate surface area is 124 Å².